The first kappa shape index (κ1) is 13.3. The average molecular weight is 285 g/mol. The zero-order valence-electron chi connectivity index (χ0n) is 11.9. The minimum Gasteiger partial charge on any atom is -0.329 e. The number of nitrogens with one attached hydrogen (secondary N) is 1. The van der Waals surface area contributed by atoms with Crippen LogP contribution in [0.1, 0.15) is 39.2 Å². The van der Waals surface area contributed by atoms with E-state index in [1.165, 1.54) is 10.9 Å². The fourth-order valence-electron chi connectivity index (χ4n) is 2.95. The summed E-state index contributed by atoms with van der Waals surface area (Å²) in [5.74, 6) is 0. The number of aromatic amines is 1. The van der Waals surface area contributed by atoms with Gasteiger partial charge in [-0.3, -0.25) is 4.98 Å². The number of H-pyrrole nitrogens is 1. The van der Waals surface area contributed by atoms with Crippen molar-refractivity contribution in [1.82, 2.24) is 14.5 Å². The number of hydrogen-bond donors (Lipinski definition) is 1. The molecule has 0 aliphatic heterocycles. The fraction of sp³-hybridized carbons (Fsp3) is 0.375. The second-order valence-electron chi connectivity index (χ2n) is 5.19. The van der Waals surface area contributed by atoms with Gasteiger partial charge in [-0.15, -0.1) is 0 Å². The Morgan fingerprint density at radius 1 is 1.30 bits per heavy atom. The third-order valence-electron chi connectivity index (χ3n) is 3.91. The molecule has 3 rings (SSSR count). The van der Waals surface area contributed by atoms with Crippen LogP contribution in [0.2, 0.25) is 0 Å². The monoisotopic (exact) mass is 285 g/mol. The van der Waals surface area contributed by atoms with Crippen molar-refractivity contribution in [3.05, 3.63) is 35.2 Å². The molecule has 1 aromatic carbocycles. The first-order valence-electron chi connectivity index (χ1n) is 7.24. The maximum Gasteiger partial charge on any atom is 0.178 e. The van der Waals surface area contributed by atoms with E-state index in [0.717, 1.165) is 35.1 Å². The first-order valence-corrected chi connectivity index (χ1v) is 7.65. The number of para-hydroxylation sites is 1. The van der Waals surface area contributed by atoms with Gasteiger partial charge in [0.1, 0.15) is 0 Å². The molecule has 0 saturated carbocycles. The lowest BCUT2D eigenvalue weighted by atomic mass is 10.1. The third-order valence-corrected chi connectivity index (χ3v) is 4.21. The van der Waals surface area contributed by atoms with Gasteiger partial charge in [0.2, 0.25) is 0 Å². The van der Waals surface area contributed by atoms with Gasteiger partial charge >= 0.3 is 0 Å². The molecule has 0 aliphatic rings. The summed E-state index contributed by atoms with van der Waals surface area (Å²) in [6.07, 6.45) is 5.29. The summed E-state index contributed by atoms with van der Waals surface area (Å²) in [7, 11) is 0. The fourth-order valence-corrected chi connectivity index (χ4v) is 3.30. The summed E-state index contributed by atoms with van der Waals surface area (Å²) in [5.41, 5.74) is 3.25. The summed E-state index contributed by atoms with van der Waals surface area (Å²) in [5, 5.41) is 1.17. The lowest BCUT2D eigenvalue weighted by Gasteiger charge is -2.17. The predicted molar refractivity (Wildman–Crippen MR) is 86.7 cm³/mol. The molecule has 104 valence electrons. The normalized spacial score (nSPS) is 13.1. The van der Waals surface area contributed by atoms with Crippen molar-refractivity contribution in [2.24, 2.45) is 0 Å². The Labute approximate surface area is 123 Å². The van der Waals surface area contributed by atoms with E-state index in [-0.39, 0.29) is 0 Å². The molecule has 4 heteroatoms. The van der Waals surface area contributed by atoms with Crippen LogP contribution in [0.4, 0.5) is 0 Å². The highest BCUT2D eigenvalue weighted by Crippen LogP contribution is 2.29. The topological polar surface area (TPSA) is 33.6 Å². The van der Waals surface area contributed by atoms with Gasteiger partial charge in [-0.1, -0.05) is 38.5 Å². The smallest absolute Gasteiger partial charge is 0.178 e. The Morgan fingerprint density at radius 3 is 2.85 bits per heavy atom. The second-order valence-corrected chi connectivity index (χ2v) is 5.58. The molecule has 20 heavy (non-hydrogen) atoms. The van der Waals surface area contributed by atoms with Crippen LogP contribution in [0.25, 0.3) is 21.9 Å². The zero-order valence-corrected chi connectivity index (χ0v) is 12.7. The summed E-state index contributed by atoms with van der Waals surface area (Å²) < 4.78 is 3.09. The molecule has 0 fully saturated rings. The minimum atomic E-state index is 0.451. The Morgan fingerprint density at radius 2 is 2.10 bits per heavy atom. The highest BCUT2D eigenvalue weighted by molar-refractivity contribution is 7.71. The van der Waals surface area contributed by atoms with Crippen LogP contribution in [0.3, 0.4) is 0 Å². The minimum absolute atomic E-state index is 0.451. The van der Waals surface area contributed by atoms with Crippen molar-refractivity contribution < 1.29 is 0 Å². The van der Waals surface area contributed by atoms with Gasteiger partial charge in [-0.2, -0.15) is 0 Å². The maximum absolute atomic E-state index is 5.55. The molecule has 0 amide bonds. The highest BCUT2D eigenvalue weighted by Gasteiger charge is 2.15. The van der Waals surface area contributed by atoms with Crippen LogP contribution >= 0.6 is 12.2 Å². The van der Waals surface area contributed by atoms with Crippen molar-refractivity contribution in [2.75, 3.05) is 0 Å². The predicted octanol–water partition coefficient (Wildman–Crippen LogP) is 5.00. The van der Waals surface area contributed by atoms with Gasteiger partial charge in [0.25, 0.3) is 0 Å². The molecule has 1 atom stereocenters. The molecule has 0 aliphatic carbocycles. The van der Waals surface area contributed by atoms with Crippen LogP contribution in [0, 0.1) is 4.77 Å². The number of pyridine rings is 1. The van der Waals surface area contributed by atoms with E-state index in [9.17, 15) is 0 Å². The molecule has 0 spiro atoms. The number of benzene rings is 1. The number of hydrogen-bond acceptors (Lipinski definition) is 2. The molecular formula is C16H19N3S. The van der Waals surface area contributed by atoms with Gasteiger partial charge in [0, 0.05) is 11.4 Å². The number of fused-ring (bicyclic) bond motifs is 3. The third kappa shape index (κ3) is 2.04. The highest BCUT2D eigenvalue weighted by atomic mass is 32.1. The van der Waals surface area contributed by atoms with E-state index in [1.54, 1.807) is 0 Å². The van der Waals surface area contributed by atoms with Crippen molar-refractivity contribution in [2.45, 2.75) is 39.2 Å². The van der Waals surface area contributed by atoms with Crippen LogP contribution < -0.4 is 0 Å². The van der Waals surface area contributed by atoms with E-state index in [0.29, 0.717) is 6.04 Å². The lowest BCUT2D eigenvalue weighted by Crippen LogP contribution is -2.08. The molecule has 3 nitrogen and oxygen atoms in total. The van der Waals surface area contributed by atoms with Gasteiger partial charge < -0.3 is 9.55 Å². The number of rotatable bonds is 4. The van der Waals surface area contributed by atoms with Crippen molar-refractivity contribution >= 4 is 34.2 Å². The van der Waals surface area contributed by atoms with E-state index >= 15 is 0 Å². The van der Waals surface area contributed by atoms with Crippen molar-refractivity contribution in [1.29, 1.82) is 0 Å². The molecule has 2 aromatic heterocycles. The van der Waals surface area contributed by atoms with Gasteiger partial charge in [0.15, 0.2) is 4.77 Å². The molecule has 1 N–H and O–H groups in total. The number of aromatic nitrogens is 3. The lowest BCUT2D eigenvalue weighted by molar-refractivity contribution is 0.454. The van der Waals surface area contributed by atoms with Crippen LogP contribution in [0.15, 0.2) is 30.5 Å². The SMILES string of the molecule is CCCC(CC)n1c(=S)[nH]c2cnc3ccccc3c21. The molecule has 0 bridgehead atoms. The number of nitrogens with zero attached hydrogens (tertiary/aromatic N) is 2. The zero-order chi connectivity index (χ0) is 14.1. The molecule has 0 radical (unpaired) electrons. The molecule has 1 unspecified atom stereocenters. The van der Waals surface area contributed by atoms with Gasteiger partial charge in [-0.25, -0.2) is 0 Å². The molecule has 0 saturated heterocycles. The quantitative estimate of drug-likeness (QED) is 0.684. The molecule has 3 aromatic rings. The summed E-state index contributed by atoms with van der Waals surface area (Å²) in [6, 6.07) is 8.71. The summed E-state index contributed by atoms with van der Waals surface area (Å²) >= 11 is 5.55. The number of imidazole rings is 1. The van der Waals surface area contributed by atoms with E-state index in [4.69, 9.17) is 12.2 Å². The van der Waals surface area contributed by atoms with E-state index < -0.39 is 0 Å². The van der Waals surface area contributed by atoms with Crippen molar-refractivity contribution in [3.63, 3.8) is 0 Å². The molecular weight excluding hydrogens is 266 g/mol. The largest absolute Gasteiger partial charge is 0.329 e. The van der Waals surface area contributed by atoms with Crippen molar-refractivity contribution in [3.8, 4) is 0 Å². The Bertz CT molecular complexity index is 800. The summed E-state index contributed by atoms with van der Waals surface area (Å²) in [6.45, 7) is 4.45. The standard InChI is InChI=1S/C16H19N3S/c1-3-7-11(4-2)19-15-12-8-5-6-9-13(12)17-10-14(15)18-16(19)20/h5-6,8-11H,3-4,7H2,1-2H3,(H,18,20). The van der Waals surface area contributed by atoms with Gasteiger partial charge in [-0.05, 0) is 31.1 Å². The van der Waals surface area contributed by atoms with Crippen LogP contribution in [0.5, 0.6) is 0 Å². The Hall–Kier alpha value is -1.68. The Balaban J connectivity index is 2.38. The van der Waals surface area contributed by atoms with Crippen LogP contribution in [-0.2, 0) is 0 Å². The maximum atomic E-state index is 5.55. The Kier molecular flexibility index (Phi) is 3.57. The van der Waals surface area contributed by atoms with Crippen LogP contribution in [-0.4, -0.2) is 14.5 Å². The first-order chi connectivity index (χ1) is 9.76. The van der Waals surface area contributed by atoms with Gasteiger partial charge in [0.05, 0.1) is 22.7 Å². The second kappa shape index (κ2) is 5.37. The van der Waals surface area contributed by atoms with E-state index in [1.807, 2.05) is 12.3 Å². The summed E-state index contributed by atoms with van der Waals surface area (Å²) in [4.78, 5) is 7.81. The average Bonchev–Trinajstić information content (AvgIpc) is 2.81. The van der Waals surface area contributed by atoms with E-state index in [2.05, 4.69) is 46.6 Å². The molecule has 2 heterocycles.